The van der Waals surface area contributed by atoms with Gasteiger partial charge < -0.3 is 14.2 Å². The van der Waals surface area contributed by atoms with Gasteiger partial charge in [-0.3, -0.25) is 9.59 Å². The molecule has 158 valence electrons. The lowest BCUT2D eigenvalue weighted by atomic mass is 10.1. The summed E-state index contributed by atoms with van der Waals surface area (Å²) in [6, 6.07) is 17.4. The molecule has 0 bridgehead atoms. The van der Waals surface area contributed by atoms with Crippen molar-refractivity contribution in [1.82, 2.24) is 9.80 Å². The van der Waals surface area contributed by atoms with Crippen molar-refractivity contribution in [2.45, 2.75) is 39.3 Å². The summed E-state index contributed by atoms with van der Waals surface area (Å²) < 4.78 is 5.47. The van der Waals surface area contributed by atoms with E-state index in [0.29, 0.717) is 18.0 Å². The summed E-state index contributed by atoms with van der Waals surface area (Å²) in [4.78, 5) is 30.4. The summed E-state index contributed by atoms with van der Waals surface area (Å²) >= 11 is 1.39. The predicted octanol–water partition coefficient (Wildman–Crippen LogP) is 4.85. The van der Waals surface area contributed by atoms with Gasteiger partial charge in [-0.15, -0.1) is 11.3 Å². The van der Waals surface area contributed by atoms with Gasteiger partial charge in [0.05, 0.1) is 17.7 Å². The van der Waals surface area contributed by atoms with Crippen LogP contribution < -0.4 is 0 Å². The number of benzene rings is 1. The Kier molecular flexibility index (Phi) is 7.11. The molecule has 0 unspecified atom stereocenters. The Balaban J connectivity index is 1.76. The minimum absolute atomic E-state index is 0.0235. The number of hydrogen-bond donors (Lipinski definition) is 0. The van der Waals surface area contributed by atoms with E-state index in [9.17, 15) is 9.59 Å². The smallest absolute Gasteiger partial charge is 0.264 e. The molecule has 2 aromatic heterocycles. The molecule has 2 heterocycles. The molecule has 0 saturated heterocycles. The largest absolute Gasteiger partial charge is 0.467 e. The lowest BCUT2D eigenvalue weighted by Gasteiger charge is -2.36. The molecule has 0 aliphatic rings. The highest BCUT2D eigenvalue weighted by atomic mass is 32.1. The molecule has 3 aromatic rings. The molecule has 0 aliphatic carbocycles. The predicted molar refractivity (Wildman–Crippen MR) is 119 cm³/mol. The normalized spacial score (nSPS) is 11.3. The third kappa shape index (κ3) is 5.83. The zero-order valence-corrected chi connectivity index (χ0v) is 18.5. The number of thiophene rings is 1. The number of furan rings is 1. The van der Waals surface area contributed by atoms with E-state index < -0.39 is 5.54 Å². The Bertz CT molecular complexity index is 929. The maximum absolute atomic E-state index is 13.3. The maximum Gasteiger partial charge on any atom is 0.264 e. The average Bonchev–Trinajstić information content (AvgIpc) is 3.42. The van der Waals surface area contributed by atoms with Gasteiger partial charge in [0, 0.05) is 12.1 Å². The maximum atomic E-state index is 13.3. The van der Waals surface area contributed by atoms with Crippen LogP contribution in [-0.4, -0.2) is 40.2 Å². The first-order chi connectivity index (χ1) is 14.3. The van der Waals surface area contributed by atoms with Crippen LogP contribution in [0.5, 0.6) is 0 Å². The zero-order valence-electron chi connectivity index (χ0n) is 17.7. The number of rotatable bonds is 8. The van der Waals surface area contributed by atoms with Gasteiger partial charge in [0.2, 0.25) is 5.91 Å². The van der Waals surface area contributed by atoms with Crippen LogP contribution in [0.1, 0.15) is 41.8 Å². The number of nitrogens with zero attached hydrogens (tertiary/aromatic N) is 2. The Morgan fingerprint density at radius 3 is 2.37 bits per heavy atom. The summed E-state index contributed by atoms with van der Waals surface area (Å²) in [5.41, 5.74) is 0.684. The molecule has 0 N–H and O–H groups in total. The quantitative estimate of drug-likeness (QED) is 0.519. The van der Waals surface area contributed by atoms with Crippen molar-refractivity contribution < 1.29 is 14.0 Å². The number of amides is 2. The van der Waals surface area contributed by atoms with Crippen molar-refractivity contribution in [2.24, 2.45) is 0 Å². The van der Waals surface area contributed by atoms with Crippen LogP contribution in [0.4, 0.5) is 0 Å². The van der Waals surface area contributed by atoms with E-state index in [1.165, 1.54) is 11.3 Å². The highest BCUT2D eigenvalue weighted by Crippen LogP contribution is 2.21. The molecule has 2 amide bonds. The monoisotopic (exact) mass is 424 g/mol. The lowest BCUT2D eigenvalue weighted by molar-refractivity contribution is -0.133. The first kappa shape index (κ1) is 21.8. The van der Waals surface area contributed by atoms with Gasteiger partial charge in [-0.05, 0) is 56.3 Å². The fourth-order valence-electron chi connectivity index (χ4n) is 3.17. The molecule has 1 aromatic carbocycles. The van der Waals surface area contributed by atoms with Crippen molar-refractivity contribution in [3.05, 3.63) is 82.4 Å². The second-order valence-corrected chi connectivity index (χ2v) is 9.12. The van der Waals surface area contributed by atoms with Gasteiger partial charge in [-0.25, -0.2) is 0 Å². The van der Waals surface area contributed by atoms with E-state index >= 15 is 0 Å². The number of carbonyl (C=O) groups is 2. The fraction of sp³-hybridized carbons (Fsp3) is 0.333. The van der Waals surface area contributed by atoms with E-state index in [1.807, 2.05) is 62.5 Å². The van der Waals surface area contributed by atoms with E-state index in [1.54, 1.807) is 22.1 Å². The van der Waals surface area contributed by atoms with E-state index in [0.717, 1.165) is 17.7 Å². The molecule has 0 spiro atoms. The van der Waals surface area contributed by atoms with Crippen LogP contribution in [0, 0.1) is 0 Å². The van der Waals surface area contributed by atoms with E-state index in [-0.39, 0.29) is 18.4 Å². The van der Waals surface area contributed by atoms with Crippen molar-refractivity contribution >= 4 is 23.2 Å². The average molecular weight is 425 g/mol. The molecule has 0 radical (unpaired) electrons. The second kappa shape index (κ2) is 9.76. The lowest BCUT2D eigenvalue weighted by Crippen LogP contribution is -2.51. The van der Waals surface area contributed by atoms with Gasteiger partial charge >= 0.3 is 0 Å². The molecule has 0 saturated carbocycles. The first-order valence-electron chi connectivity index (χ1n) is 10.0. The fourth-order valence-corrected chi connectivity index (χ4v) is 3.85. The zero-order chi connectivity index (χ0) is 21.6. The van der Waals surface area contributed by atoms with Gasteiger partial charge in [-0.2, -0.15) is 0 Å². The van der Waals surface area contributed by atoms with E-state index in [2.05, 4.69) is 12.1 Å². The van der Waals surface area contributed by atoms with Gasteiger partial charge in [-0.1, -0.05) is 36.4 Å². The molecule has 30 heavy (non-hydrogen) atoms. The molecule has 0 atom stereocenters. The summed E-state index contributed by atoms with van der Waals surface area (Å²) in [7, 11) is 0. The van der Waals surface area contributed by atoms with Gasteiger partial charge in [0.1, 0.15) is 12.3 Å². The topological polar surface area (TPSA) is 53.8 Å². The Morgan fingerprint density at radius 1 is 1.00 bits per heavy atom. The van der Waals surface area contributed by atoms with Gasteiger partial charge in [0.15, 0.2) is 0 Å². The first-order valence-corrected chi connectivity index (χ1v) is 10.9. The van der Waals surface area contributed by atoms with Crippen LogP contribution in [-0.2, 0) is 17.8 Å². The van der Waals surface area contributed by atoms with Crippen LogP contribution in [0.15, 0.2) is 70.7 Å². The van der Waals surface area contributed by atoms with Crippen LogP contribution in [0.3, 0.4) is 0 Å². The van der Waals surface area contributed by atoms with E-state index in [4.69, 9.17) is 4.42 Å². The molecule has 0 fully saturated rings. The minimum atomic E-state index is -0.480. The number of carbonyl (C=O) groups excluding carboxylic acids is 2. The van der Waals surface area contributed by atoms with Crippen molar-refractivity contribution in [1.29, 1.82) is 0 Å². The summed E-state index contributed by atoms with van der Waals surface area (Å²) in [5, 5.41) is 1.87. The molecular formula is C24H28N2O3S. The molecular weight excluding hydrogens is 396 g/mol. The summed E-state index contributed by atoms with van der Waals surface area (Å²) in [5.74, 6) is 0.511. The highest BCUT2D eigenvalue weighted by Gasteiger charge is 2.31. The Labute approximate surface area is 181 Å². The number of hydrogen-bond acceptors (Lipinski definition) is 4. The van der Waals surface area contributed by atoms with Gasteiger partial charge in [0.25, 0.3) is 5.91 Å². The summed E-state index contributed by atoms with van der Waals surface area (Å²) in [6.45, 7) is 6.81. The van der Waals surface area contributed by atoms with Crippen LogP contribution in [0.2, 0.25) is 0 Å². The van der Waals surface area contributed by atoms with Crippen LogP contribution >= 0.6 is 11.3 Å². The molecule has 0 aliphatic heterocycles. The Morgan fingerprint density at radius 2 is 1.77 bits per heavy atom. The third-order valence-corrected chi connectivity index (χ3v) is 5.73. The second-order valence-electron chi connectivity index (χ2n) is 8.17. The van der Waals surface area contributed by atoms with Crippen LogP contribution in [0.25, 0.3) is 0 Å². The molecule has 3 rings (SSSR count). The van der Waals surface area contributed by atoms with Crippen molar-refractivity contribution in [3.8, 4) is 0 Å². The SMILES string of the molecule is CC(C)(C)N(CC(=O)N(CCc1ccccc1)Cc1ccco1)C(=O)c1cccs1. The summed E-state index contributed by atoms with van der Waals surface area (Å²) in [6.07, 6.45) is 2.35. The highest BCUT2D eigenvalue weighted by molar-refractivity contribution is 7.12. The third-order valence-electron chi connectivity index (χ3n) is 4.87. The van der Waals surface area contributed by atoms with Crippen molar-refractivity contribution in [2.75, 3.05) is 13.1 Å². The van der Waals surface area contributed by atoms with Crippen molar-refractivity contribution in [3.63, 3.8) is 0 Å². The molecule has 6 heteroatoms. The molecule has 5 nitrogen and oxygen atoms in total. The standard InChI is InChI=1S/C24H28N2O3S/c1-24(2,3)26(23(28)21-12-8-16-30-21)18-22(27)25(17-20-11-7-15-29-20)14-13-19-9-5-4-6-10-19/h4-12,15-16H,13-14,17-18H2,1-3H3. The Hall–Kier alpha value is -2.86. The minimum Gasteiger partial charge on any atom is -0.467 e.